The summed E-state index contributed by atoms with van der Waals surface area (Å²) >= 11 is 0. The summed E-state index contributed by atoms with van der Waals surface area (Å²) in [5.41, 5.74) is 3.29. The second-order valence-corrected chi connectivity index (χ2v) is 4.70. The van der Waals surface area contributed by atoms with E-state index in [1.165, 1.54) is 10.9 Å². The highest BCUT2D eigenvalue weighted by molar-refractivity contribution is 6.04. The average molecular weight is 251 g/mol. The topological polar surface area (TPSA) is 37.8 Å². The maximum atomic E-state index is 4.79. The molecule has 1 N–H and O–H groups in total. The Hall–Kier alpha value is -2.16. The third-order valence-corrected chi connectivity index (χ3v) is 3.40. The number of pyridine rings is 2. The zero-order valence-electron chi connectivity index (χ0n) is 11.3. The van der Waals surface area contributed by atoms with Gasteiger partial charge in [-0.3, -0.25) is 4.98 Å². The van der Waals surface area contributed by atoms with E-state index in [1.54, 1.807) is 0 Å². The van der Waals surface area contributed by atoms with Gasteiger partial charge in [0.2, 0.25) is 0 Å². The number of hydrogen-bond donors (Lipinski definition) is 1. The zero-order valence-corrected chi connectivity index (χ0v) is 11.3. The first-order valence-corrected chi connectivity index (χ1v) is 6.68. The molecule has 0 radical (unpaired) electrons. The lowest BCUT2D eigenvalue weighted by atomic mass is 10.1. The molecule has 0 saturated carbocycles. The van der Waals surface area contributed by atoms with Crippen LogP contribution in [0.25, 0.3) is 21.8 Å². The van der Waals surface area contributed by atoms with E-state index in [0.717, 1.165) is 35.1 Å². The van der Waals surface area contributed by atoms with Gasteiger partial charge in [0.05, 0.1) is 11.0 Å². The summed E-state index contributed by atoms with van der Waals surface area (Å²) in [6.45, 7) is 2.19. The molecular weight excluding hydrogens is 234 g/mol. The number of rotatable bonds is 3. The first-order valence-electron chi connectivity index (χ1n) is 6.68. The summed E-state index contributed by atoms with van der Waals surface area (Å²) in [7, 11) is 1.93. The van der Waals surface area contributed by atoms with E-state index in [9.17, 15) is 0 Å². The summed E-state index contributed by atoms with van der Waals surface area (Å²) in [5, 5.41) is 5.50. The lowest BCUT2D eigenvalue weighted by Gasteiger charge is -2.10. The Kier molecular flexibility index (Phi) is 3.03. The second kappa shape index (κ2) is 4.84. The van der Waals surface area contributed by atoms with Crippen molar-refractivity contribution in [3.05, 3.63) is 42.1 Å². The van der Waals surface area contributed by atoms with Crippen LogP contribution >= 0.6 is 0 Å². The molecule has 0 spiro atoms. The minimum atomic E-state index is 0.978. The van der Waals surface area contributed by atoms with Gasteiger partial charge in [0.1, 0.15) is 5.82 Å². The van der Waals surface area contributed by atoms with Gasteiger partial charge in [-0.2, -0.15) is 0 Å². The van der Waals surface area contributed by atoms with Crippen LogP contribution in [0, 0.1) is 0 Å². The van der Waals surface area contributed by atoms with Gasteiger partial charge in [0.25, 0.3) is 0 Å². The van der Waals surface area contributed by atoms with Crippen molar-refractivity contribution < 1.29 is 0 Å². The Morgan fingerprint density at radius 1 is 1.21 bits per heavy atom. The second-order valence-electron chi connectivity index (χ2n) is 4.70. The van der Waals surface area contributed by atoms with E-state index in [4.69, 9.17) is 4.98 Å². The average Bonchev–Trinajstić information content (AvgIpc) is 2.46. The van der Waals surface area contributed by atoms with Crippen LogP contribution < -0.4 is 5.32 Å². The first-order chi connectivity index (χ1) is 9.33. The fraction of sp³-hybridized carbons (Fsp3) is 0.250. The highest BCUT2D eigenvalue weighted by atomic mass is 15.0. The van der Waals surface area contributed by atoms with Crippen molar-refractivity contribution in [2.75, 3.05) is 12.4 Å². The molecule has 2 aromatic heterocycles. The number of fused-ring (bicyclic) bond motifs is 3. The molecule has 3 rings (SSSR count). The molecule has 3 aromatic rings. The minimum absolute atomic E-state index is 0.978. The number of benzene rings is 1. The summed E-state index contributed by atoms with van der Waals surface area (Å²) in [5.74, 6) is 0.978. The molecule has 96 valence electrons. The lowest BCUT2D eigenvalue weighted by molar-refractivity contribution is 0.919. The zero-order chi connectivity index (χ0) is 13.2. The van der Waals surface area contributed by atoms with Crippen molar-refractivity contribution in [3.63, 3.8) is 0 Å². The van der Waals surface area contributed by atoms with Crippen molar-refractivity contribution in [3.8, 4) is 0 Å². The third kappa shape index (κ3) is 2.01. The van der Waals surface area contributed by atoms with Crippen molar-refractivity contribution in [1.82, 2.24) is 9.97 Å². The van der Waals surface area contributed by atoms with Gasteiger partial charge >= 0.3 is 0 Å². The number of aromatic nitrogens is 2. The molecular formula is C16H17N3. The number of nitrogens with one attached hydrogen (secondary N) is 1. The monoisotopic (exact) mass is 251 g/mol. The lowest BCUT2D eigenvalue weighted by Crippen LogP contribution is -1.99. The molecule has 0 aliphatic heterocycles. The van der Waals surface area contributed by atoms with Crippen LogP contribution in [-0.4, -0.2) is 17.0 Å². The van der Waals surface area contributed by atoms with Crippen molar-refractivity contribution in [2.45, 2.75) is 19.8 Å². The Labute approximate surface area is 112 Å². The molecule has 1 aromatic carbocycles. The van der Waals surface area contributed by atoms with Gasteiger partial charge in [-0.15, -0.1) is 0 Å². The fourth-order valence-corrected chi connectivity index (χ4v) is 2.51. The maximum Gasteiger partial charge on any atom is 0.129 e. The number of aryl methyl sites for hydroxylation is 1. The molecule has 0 aliphatic rings. The summed E-state index contributed by atoms with van der Waals surface area (Å²) in [6.07, 6.45) is 3.99. The normalized spacial score (nSPS) is 11.1. The third-order valence-electron chi connectivity index (χ3n) is 3.40. The van der Waals surface area contributed by atoms with Crippen LogP contribution in [-0.2, 0) is 6.42 Å². The minimum Gasteiger partial charge on any atom is -0.373 e. The van der Waals surface area contributed by atoms with Crippen LogP contribution in [0.2, 0.25) is 0 Å². The quantitative estimate of drug-likeness (QED) is 0.720. The molecule has 2 heterocycles. The van der Waals surface area contributed by atoms with Crippen molar-refractivity contribution in [1.29, 1.82) is 0 Å². The smallest absolute Gasteiger partial charge is 0.129 e. The van der Waals surface area contributed by atoms with E-state index in [-0.39, 0.29) is 0 Å². The predicted octanol–water partition coefficient (Wildman–Crippen LogP) is 3.78. The molecule has 3 nitrogen and oxygen atoms in total. The van der Waals surface area contributed by atoms with E-state index >= 15 is 0 Å². The largest absolute Gasteiger partial charge is 0.373 e. The van der Waals surface area contributed by atoms with Crippen molar-refractivity contribution in [2.24, 2.45) is 0 Å². The SMILES string of the molecule is CCCc1cc2ccc3ncccc3c2nc1NC. The van der Waals surface area contributed by atoms with E-state index in [2.05, 4.69) is 41.5 Å². The van der Waals surface area contributed by atoms with Gasteiger partial charge < -0.3 is 5.32 Å². The molecule has 0 unspecified atom stereocenters. The first kappa shape index (κ1) is 11.9. The van der Waals surface area contributed by atoms with Crippen LogP contribution in [0.5, 0.6) is 0 Å². The molecule has 0 fully saturated rings. The van der Waals surface area contributed by atoms with E-state index in [1.807, 2.05) is 19.3 Å². The number of anilines is 1. The maximum absolute atomic E-state index is 4.79. The van der Waals surface area contributed by atoms with Gasteiger partial charge in [-0.1, -0.05) is 19.4 Å². The molecule has 3 heteroatoms. The van der Waals surface area contributed by atoms with E-state index in [0.29, 0.717) is 0 Å². The van der Waals surface area contributed by atoms with Crippen LogP contribution in [0.15, 0.2) is 36.5 Å². The van der Waals surface area contributed by atoms with Crippen LogP contribution in [0.1, 0.15) is 18.9 Å². The standard InChI is InChI=1S/C16H17N3/c1-3-5-12-10-11-7-8-14-13(6-4-9-18-14)15(11)19-16(12)17-2/h4,6-10H,3,5H2,1-2H3,(H,17,19). The summed E-state index contributed by atoms with van der Waals surface area (Å²) in [6, 6.07) is 10.5. The Morgan fingerprint density at radius 3 is 2.89 bits per heavy atom. The summed E-state index contributed by atoms with van der Waals surface area (Å²) in [4.78, 5) is 9.17. The van der Waals surface area contributed by atoms with Crippen LogP contribution in [0.3, 0.4) is 0 Å². The van der Waals surface area contributed by atoms with Crippen LogP contribution in [0.4, 0.5) is 5.82 Å². The predicted molar refractivity (Wildman–Crippen MR) is 80.6 cm³/mol. The molecule has 0 atom stereocenters. The Morgan fingerprint density at radius 2 is 2.11 bits per heavy atom. The highest BCUT2D eigenvalue weighted by Gasteiger charge is 2.08. The highest BCUT2D eigenvalue weighted by Crippen LogP contribution is 2.27. The molecule has 0 amide bonds. The number of hydrogen-bond acceptors (Lipinski definition) is 3. The van der Waals surface area contributed by atoms with E-state index < -0.39 is 0 Å². The van der Waals surface area contributed by atoms with Gasteiger partial charge in [-0.25, -0.2) is 4.98 Å². The molecule has 0 saturated heterocycles. The summed E-state index contributed by atoms with van der Waals surface area (Å²) < 4.78 is 0. The fourth-order valence-electron chi connectivity index (χ4n) is 2.51. The number of nitrogens with zero attached hydrogens (tertiary/aromatic N) is 2. The van der Waals surface area contributed by atoms with Gasteiger partial charge in [-0.05, 0) is 36.2 Å². The Bertz CT molecular complexity index is 734. The molecule has 0 bridgehead atoms. The molecule has 0 aliphatic carbocycles. The van der Waals surface area contributed by atoms with Crippen molar-refractivity contribution >= 4 is 27.6 Å². The van der Waals surface area contributed by atoms with Gasteiger partial charge in [0, 0.05) is 24.0 Å². The Balaban J connectivity index is 2.34. The molecule has 19 heavy (non-hydrogen) atoms. The van der Waals surface area contributed by atoms with Gasteiger partial charge in [0.15, 0.2) is 0 Å².